The highest BCUT2D eigenvalue weighted by molar-refractivity contribution is 5.04. The summed E-state index contributed by atoms with van der Waals surface area (Å²) in [6.07, 6.45) is 16.9. The zero-order valence-electron chi connectivity index (χ0n) is 17.8. The summed E-state index contributed by atoms with van der Waals surface area (Å²) in [6.45, 7) is 12.9. The van der Waals surface area contributed by atoms with Crippen LogP contribution < -0.4 is 0 Å². The second-order valence-corrected chi connectivity index (χ2v) is 12.2. The molecule has 0 aromatic rings. The SMILES string of the molecule is CC(C)(C)C1CC2CC(C(C)(C)C3CCCCC3)CC3CCCC1C32. The van der Waals surface area contributed by atoms with Crippen molar-refractivity contribution in [2.45, 2.75) is 105 Å². The second kappa shape index (κ2) is 6.56. The summed E-state index contributed by atoms with van der Waals surface area (Å²) < 4.78 is 0. The Morgan fingerprint density at radius 3 is 1.96 bits per heavy atom. The van der Waals surface area contributed by atoms with Gasteiger partial charge in [-0.15, -0.1) is 0 Å². The molecule has 0 N–H and O–H groups in total. The van der Waals surface area contributed by atoms with E-state index in [1.165, 1.54) is 38.5 Å². The first kappa shape index (κ1) is 18.4. The molecule has 0 spiro atoms. The van der Waals surface area contributed by atoms with E-state index >= 15 is 0 Å². The summed E-state index contributed by atoms with van der Waals surface area (Å²) in [5.41, 5.74) is 1.12. The minimum Gasteiger partial charge on any atom is -0.0599 e. The van der Waals surface area contributed by atoms with E-state index in [-0.39, 0.29) is 0 Å². The maximum Gasteiger partial charge on any atom is -0.0297 e. The quantitative estimate of drug-likeness (QED) is 0.481. The summed E-state index contributed by atoms with van der Waals surface area (Å²) >= 11 is 0. The Balaban J connectivity index is 1.54. The van der Waals surface area contributed by atoms with Gasteiger partial charge in [-0.05, 0) is 90.8 Å². The van der Waals surface area contributed by atoms with E-state index in [4.69, 9.17) is 0 Å². The van der Waals surface area contributed by atoms with Gasteiger partial charge >= 0.3 is 0 Å². The zero-order chi connectivity index (χ0) is 17.8. The Labute approximate surface area is 157 Å². The van der Waals surface area contributed by atoms with Crippen LogP contribution in [-0.4, -0.2) is 0 Å². The van der Waals surface area contributed by atoms with Crippen molar-refractivity contribution in [1.82, 2.24) is 0 Å². The lowest BCUT2D eigenvalue weighted by atomic mass is 9.54. The van der Waals surface area contributed by atoms with Gasteiger partial charge in [0, 0.05) is 0 Å². The van der Waals surface area contributed by atoms with Crippen LogP contribution in [0.15, 0.2) is 0 Å². The molecule has 0 heterocycles. The molecule has 25 heavy (non-hydrogen) atoms. The fraction of sp³-hybridized carbons (Fsp3) is 1.00. The molecule has 4 saturated carbocycles. The maximum absolute atomic E-state index is 2.67. The van der Waals surface area contributed by atoms with Gasteiger partial charge < -0.3 is 0 Å². The van der Waals surface area contributed by atoms with Crippen LogP contribution in [0, 0.1) is 52.3 Å². The second-order valence-electron chi connectivity index (χ2n) is 12.2. The molecule has 4 fully saturated rings. The van der Waals surface area contributed by atoms with E-state index < -0.39 is 0 Å². The van der Waals surface area contributed by atoms with Crippen molar-refractivity contribution < 1.29 is 0 Å². The molecule has 4 aliphatic carbocycles. The molecule has 6 atom stereocenters. The van der Waals surface area contributed by atoms with Crippen LogP contribution in [0.25, 0.3) is 0 Å². The number of hydrogen-bond donors (Lipinski definition) is 0. The normalized spacial score (nSPS) is 43.1. The standard InChI is InChI=1S/C25H44/c1-24(2,3)22-16-18-15-20(14-17-10-9-13-21(22)23(17)18)25(4,5)19-11-7-6-8-12-19/h17-23H,6-16H2,1-5H3. The van der Waals surface area contributed by atoms with Crippen molar-refractivity contribution in [3.05, 3.63) is 0 Å². The maximum atomic E-state index is 2.67. The third kappa shape index (κ3) is 3.23. The van der Waals surface area contributed by atoms with Gasteiger partial charge in [-0.3, -0.25) is 0 Å². The van der Waals surface area contributed by atoms with Crippen LogP contribution in [0.4, 0.5) is 0 Å². The molecular formula is C25H44. The summed E-state index contributed by atoms with van der Waals surface area (Å²) in [6, 6.07) is 0. The molecular weight excluding hydrogens is 300 g/mol. The van der Waals surface area contributed by atoms with Crippen LogP contribution in [0.1, 0.15) is 105 Å². The molecule has 0 amide bonds. The van der Waals surface area contributed by atoms with Gasteiger partial charge in [0.15, 0.2) is 0 Å². The van der Waals surface area contributed by atoms with Gasteiger partial charge in [-0.2, -0.15) is 0 Å². The molecule has 0 aromatic carbocycles. The monoisotopic (exact) mass is 344 g/mol. The van der Waals surface area contributed by atoms with Crippen LogP contribution >= 0.6 is 0 Å². The van der Waals surface area contributed by atoms with Crippen molar-refractivity contribution >= 4 is 0 Å². The van der Waals surface area contributed by atoms with E-state index in [1.807, 2.05) is 0 Å². The zero-order valence-corrected chi connectivity index (χ0v) is 17.8. The molecule has 0 radical (unpaired) electrons. The van der Waals surface area contributed by atoms with Crippen LogP contribution in [0.2, 0.25) is 0 Å². The lowest BCUT2D eigenvalue weighted by molar-refractivity contribution is -0.0208. The lowest BCUT2D eigenvalue weighted by Gasteiger charge is -2.52. The summed E-state index contributed by atoms with van der Waals surface area (Å²) in [5.74, 6) is 7.36. The summed E-state index contributed by atoms with van der Waals surface area (Å²) in [7, 11) is 0. The van der Waals surface area contributed by atoms with E-state index in [1.54, 1.807) is 32.1 Å². The molecule has 6 unspecified atom stereocenters. The van der Waals surface area contributed by atoms with Crippen molar-refractivity contribution in [1.29, 1.82) is 0 Å². The molecule has 4 aliphatic rings. The summed E-state index contributed by atoms with van der Waals surface area (Å²) in [4.78, 5) is 0. The first-order valence-corrected chi connectivity index (χ1v) is 11.8. The van der Waals surface area contributed by atoms with Crippen molar-refractivity contribution in [2.24, 2.45) is 52.3 Å². The molecule has 0 heteroatoms. The molecule has 0 aromatic heterocycles. The Morgan fingerprint density at radius 1 is 0.600 bits per heavy atom. The first-order chi connectivity index (χ1) is 11.8. The van der Waals surface area contributed by atoms with E-state index in [9.17, 15) is 0 Å². The minimum atomic E-state index is 0.526. The Kier molecular flexibility index (Phi) is 4.82. The van der Waals surface area contributed by atoms with Gasteiger partial charge in [-0.25, -0.2) is 0 Å². The van der Waals surface area contributed by atoms with Crippen LogP contribution in [0.3, 0.4) is 0 Å². The van der Waals surface area contributed by atoms with Crippen molar-refractivity contribution in [2.75, 3.05) is 0 Å². The summed E-state index contributed by atoms with van der Waals surface area (Å²) in [5, 5.41) is 0. The molecule has 4 rings (SSSR count). The number of hydrogen-bond acceptors (Lipinski definition) is 0. The fourth-order valence-corrected chi connectivity index (χ4v) is 8.35. The molecule has 144 valence electrons. The van der Waals surface area contributed by atoms with Crippen molar-refractivity contribution in [3.8, 4) is 0 Å². The molecule has 0 bridgehead atoms. The first-order valence-electron chi connectivity index (χ1n) is 11.8. The smallest absolute Gasteiger partial charge is 0.0297 e. The minimum absolute atomic E-state index is 0.526. The highest BCUT2D eigenvalue weighted by Crippen LogP contribution is 2.63. The predicted molar refractivity (Wildman–Crippen MR) is 108 cm³/mol. The Hall–Kier alpha value is 0. The average Bonchev–Trinajstić information content (AvgIpc) is 2.96. The largest absolute Gasteiger partial charge is 0.0599 e. The third-order valence-electron chi connectivity index (χ3n) is 9.77. The third-order valence-corrected chi connectivity index (χ3v) is 9.77. The Morgan fingerprint density at radius 2 is 1.28 bits per heavy atom. The fourth-order valence-electron chi connectivity index (χ4n) is 8.35. The average molecular weight is 345 g/mol. The highest BCUT2D eigenvalue weighted by atomic mass is 14.6. The van der Waals surface area contributed by atoms with E-state index in [0.29, 0.717) is 10.8 Å². The van der Waals surface area contributed by atoms with Crippen LogP contribution in [0.5, 0.6) is 0 Å². The van der Waals surface area contributed by atoms with Gasteiger partial charge in [0.1, 0.15) is 0 Å². The van der Waals surface area contributed by atoms with Crippen LogP contribution in [-0.2, 0) is 0 Å². The van der Waals surface area contributed by atoms with Gasteiger partial charge in [-0.1, -0.05) is 66.7 Å². The molecule has 0 aliphatic heterocycles. The Bertz CT molecular complexity index is 461. The van der Waals surface area contributed by atoms with Crippen molar-refractivity contribution in [3.63, 3.8) is 0 Å². The topological polar surface area (TPSA) is 0 Å². The highest BCUT2D eigenvalue weighted by Gasteiger charge is 2.55. The molecule has 0 saturated heterocycles. The number of rotatable bonds is 2. The van der Waals surface area contributed by atoms with E-state index in [0.717, 1.165) is 41.4 Å². The molecule has 0 nitrogen and oxygen atoms in total. The predicted octanol–water partition coefficient (Wildman–Crippen LogP) is 7.72. The van der Waals surface area contributed by atoms with E-state index in [2.05, 4.69) is 34.6 Å². The van der Waals surface area contributed by atoms with Gasteiger partial charge in [0.05, 0.1) is 0 Å². The lowest BCUT2D eigenvalue weighted by Crippen LogP contribution is -2.43. The van der Waals surface area contributed by atoms with Gasteiger partial charge in [0.25, 0.3) is 0 Å². The van der Waals surface area contributed by atoms with Gasteiger partial charge in [0.2, 0.25) is 0 Å².